The summed E-state index contributed by atoms with van der Waals surface area (Å²) in [6, 6.07) is 0. The zero-order chi connectivity index (χ0) is 5.61. The third kappa shape index (κ3) is 0.388. The van der Waals surface area contributed by atoms with Crippen LogP contribution in [-0.2, 0) is 4.79 Å². The summed E-state index contributed by atoms with van der Waals surface area (Å²) in [5, 5.41) is 3.14. The fourth-order valence-corrected chi connectivity index (χ4v) is 1.33. The molecule has 2 heteroatoms. The molecule has 0 aromatic heterocycles. The summed E-state index contributed by atoms with van der Waals surface area (Å²) in [5.74, 6) is 0.325. The van der Waals surface area contributed by atoms with Gasteiger partial charge >= 0.3 is 0 Å². The van der Waals surface area contributed by atoms with Crippen LogP contribution in [0.4, 0.5) is 0 Å². The van der Waals surface area contributed by atoms with Crippen molar-refractivity contribution >= 4 is 5.78 Å². The van der Waals surface area contributed by atoms with Gasteiger partial charge in [-0.25, -0.2) is 0 Å². The van der Waals surface area contributed by atoms with Crippen LogP contribution in [0.1, 0.15) is 6.42 Å². The van der Waals surface area contributed by atoms with Gasteiger partial charge in [0.05, 0.1) is 0 Å². The standard InChI is InChI=1S/C6H8NO/c8-5-1-6(2-5)3-7-4-6/h1,7H,2-4H2. The van der Waals surface area contributed by atoms with Gasteiger partial charge in [0.15, 0.2) is 0 Å². The number of carbonyl (C=O) groups is 1. The Labute approximate surface area is 48.3 Å². The van der Waals surface area contributed by atoms with Gasteiger partial charge in [-0.05, 0) is 0 Å². The number of rotatable bonds is 0. The van der Waals surface area contributed by atoms with Gasteiger partial charge in [0.2, 0.25) is 0 Å². The van der Waals surface area contributed by atoms with Crippen molar-refractivity contribution in [2.45, 2.75) is 6.42 Å². The van der Waals surface area contributed by atoms with Gasteiger partial charge in [-0.2, -0.15) is 0 Å². The maximum Gasteiger partial charge on any atom is 0.138 e. The lowest BCUT2D eigenvalue weighted by Crippen LogP contribution is -2.61. The van der Waals surface area contributed by atoms with E-state index < -0.39 is 0 Å². The number of ketones is 1. The molecule has 0 atom stereocenters. The van der Waals surface area contributed by atoms with Crippen molar-refractivity contribution in [1.29, 1.82) is 0 Å². The van der Waals surface area contributed by atoms with Crippen LogP contribution >= 0.6 is 0 Å². The summed E-state index contributed by atoms with van der Waals surface area (Å²) >= 11 is 0. The molecule has 1 radical (unpaired) electrons. The van der Waals surface area contributed by atoms with E-state index in [4.69, 9.17) is 0 Å². The lowest BCUT2D eigenvalue weighted by molar-refractivity contribution is -0.127. The molecular formula is C6H8NO. The maximum atomic E-state index is 10.4. The fraction of sp³-hybridized carbons (Fsp3) is 0.667. The Balaban J connectivity index is 2.01. The highest BCUT2D eigenvalue weighted by molar-refractivity contribution is 5.96. The molecule has 0 unspecified atom stereocenters. The van der Waals surface area contributed by atoms with E-state index in [-0.39, 0.29) is 0 Å². The first-order valence-electron chi connectivity index (χ1n) is 2.90. The Morgan fingerprint density at radius 2 is 2.25 bits per heavy atom. The van der Waals surface area contributed by atoms with Crippen molar-refractivity contribution in [3.8, 4) is 0 Å². The van der Waals surface area contributed by atoms with Crippen molar-refractivity contribution in [2.75, 3.05) is 13.1 Å². The normalized spacial score (nSPS) is 31.8. The summed E-state index contributed by atoms with van der Waals surface area (Å²) in [7, 11) is 0. The largest absolute Gasteiger partial charge is 0.315 e. The highest BCUT2D eigenvalue weighted by atomic mass is 16.1. The van der Waals surface area contributed by atoms with Gasteiger partial charge in [0.1, 0.15) is 5.78 Å². The molecule has 1 aliphatic carbocycles. The average Bonchev–Trinajstić information content (AvgIpc) is 1.51. The van der Waals surface area contributed by atoms with Crippen molar-refractivity contribution < 1.29 is 4.79 Å². The zero-order valence-electron chi connectivity index (χ0n) is 4.61. The second kappa shape index (κ2) is 1.13. The molecule has 8 heavy (non-hydrogen) atoms. The Kier molecular flexibility index (Phi) is 0.637. The fourth-order valence-electron chi connectivity index (χ4n) is 1.33. The van der Waals surface area contributed by atoms with Crippen LogP contribution < -0.4 is 5.32 Å². The average molecular weight is 110 g/mol. The first kappa shape index (κ1) is 4.50. The second-order valence-electron chi connectivity index (χ2n) is 2.75. The van der Waals surface area contributed by atoms with Crippen LogP contribution in [0.5, 0.6) is 0 Å². The molecule has 2 nitrogen and oxygen atoms in total. The van der Waals surface area contributed by atoms with Gasteiger partial charge in [-0.15, -0.1) is 0 Å². The van der Waals surface area contributed by atoms with E-state index in [0.717, 1.165) is 19.5 Å². The number of hydrogen-bond donors (Lipinski definition) is 1. The lowest BCUT2D eigenvalue weighted by atomic mass is 9.64. The third-order valence-electron chi connectivity index (χ3n) is 1.95. The topological polar surface area (TPSA) is 29.1 Å². The van der Waals surface area contributed by atoms with Crippen LogP contribution in [0.2, 0.25) is 0 Å². The molecule has 0 aromatic carbocycles. The van der Waals surface area contributed by atoms with Gasteiger partial charge in [-0.3, -0.25) is 4.79 Å². The molecule has 0 aromatic rings. The molecule has 1 aliphatic heterocycles. The van der Waals surface area contributed by atoms with Gasteiger partial charge in [-0.1, -0.05) is 0 Å². The number of nitrogens with one attached hydrogen (secondary N) is 1. The van der Waals surface area contributed by atoms with Crippen molar-refractivity contribution in [3.63, 3.8) is 0 Å². The first-order chi connectivity index (χ1) is 3.81. The Morgan fingerprint density at radius 1 is 1.62 bits per heavy atom. The third-order valence-corrected chi connectivity index (χ3v) is 1.95. The molecule has 1 N–H and O–H groups in total. The predicted octanol–water partition coefficient (Wildman–Crippen LogP) is -0.247. The summed E-state index contributed by atoms with van der Waals surface area (Å²) in [6.07, 6.45) is 2.64. The van der Waals surface area contributed by atoms with E-state index in [1.807, 2.05) is 6.42 Å². The van der Waals surface area contributed by atoms with Crippen LogP contribution in [0.15, 0.2) is 0 Å². The van der Waals surface area contributed by atoms with Gasteiger partial charge in [0, 0.05) is 31.3 Å². The molecule has 43 valence electrons. The molecule has 2 aliphatic rings. The summed E-state index contributed by atoms with van der Waals surface area (Å²) in [5.41, 5.74) is 0.330. The minimum atomic E-state index is 0.325. The molecule has 1 saturated carbocycles. The van der Waals surface area contributed by atoms with E-state index >= 15 is 0 Å². The highest BCUT2D eigenvalue weighted by Gasteiger charge is 2.48. The Bertz CT molecular complexity index is 127. The number of hydrogen-bond acceptors (Lipinski definition) is 2. The SMILES string of the molecule is O=C1[CH]C2(CNC2)C1. The molecule has 0 bridgehead atoms. The van der Waals surface area contributed by atoms with Crippen molar-refractivity contribution in [1.82, 2.24) is 5.32 Å². The second-order valence-corrected chi connectivity index (χ2v) is 2.75. The van der Waals surface area contributed by atoms with E-state index in [9.17, 15) is 4.79 Å². The van der Waals surface area contributed by atoms with Crippen LogP contribution in [0.3, 0.4) is 0 Å². The smallest absolute Gasteiger partial charge is 0.138 e. The molecule has 2 rings (SSSR count). The molecule has 1 spiro atoms. The predicted molar refractivity (Wildman–Crippen MR) is 29.2 cm³/mol. The van der Waals surface area contributed by atoms with Crippen LogP contribution in [0.25, 0.3) is 0 Å². The highest BCUT2D eigenvalue weighted by Crippen LogP contribution is 2.39. The Hall–Kier alpha value is -0.370. The summed E-state index contributed by atoms with van der Waals surface area (Å²) in [6.45, 7) is 2.05. The van der Waals surface area contributed by atoms with Gasteiger partial charge in [0.25, 0.3) is 0 Å². The van der Waals surface area contributed by atoms with E-state index in [0.29, 0.717) is 11.2 Å². The molecule has 1 heterocycles. The van der Waals surface area contributed by atoms with Crippen molar-refractivity contribution in [3.05, 3.63) is 6.42 Å². The first-order valence-corrected chi connectivity index (χ1v) is 2.90. The Morgan fingerprint density at radius 3 is 2.38 bits per heavy atom. The van der Waals surface area contributed by atoms with Crippen molar-refractivity contribution in [2.24, 2.45) is 5.41 Å². The van der Waals surface area contributed by atoms with E-state index in [2.05, 4.69) is 5.32 Å². The van der Waals surface area contributed by atoms with Crippen LogP contribution in [0, 0.1) is 11.8 Å². The lowest BCUT2D eigenvalue weighted by Gasteiger charge is -2.47. The summed E-state index contributed by atoms with van der Waals surface area (Å²) < 4.78 is 0. The van der Waals surface area contributed by atoms with E-state index in [1.165, 1.54) is 0 Å². The zero-order valence-corrected chi connectivity index (χ0v) is 4.61. The monoisotopic (exact) mass is 110 g/mol. The molecular weight excluding hydrogens is 102 g/mol. The maximum absolute atomic E-state index is 10.4. The minimum absolute atomic E-state index is 0.325. The molecule has 2 fully saturated rings. The number of Topliss-reactive ketones (excluding diaryl/α,β-unsaturated/α-hetero) is 1. The molecule has 1 saturated heterocycles. The summed E-state index contributed by atoms with van der Waals surface area (Å²) in [4.78, 5) is 10.4. The van der Waals surface area contributed by atoms with E-state index in [1.54, 1.807) is 0 Å². The quantitative estimate of drug-likeness (QED) is 0.466. The number of carbonyl (C=O) groups excluding carboxylic acids is 1. The van der Waals surface area contributed by atoms with Gasteiger partial charge < -0.3 is 5.32 Å². The minimum Gasteiger partial charge on any atom is -0.315 e. The van der Waals surface area contributed by atoms with Crippen LogP contribution in [-0.4, -0.2) is 18.9 Å². The molecule has 0 amide bonds.